The van der Waals surface area contributed by atoms with E-state index in [2.05, 4.69) is 10.2 Å². The second-order valence-corrected chi connectivity index (χ2v) is 5.63. The van der Waals surface area contributed by atoms with Crippen LogP contribution in [0.15, 0.2) is 24.4 Å². The summed E-state index contributed by atoms with van der Waals surface area (Å²) >= 11 is 0. The predicted molar refractivity (Wildman–Crippen MR) is 89.8 cm³/mol. The van der Waals surface area contributed by atoms with Crippen LogP contribution in [0, 0.1) is 0 Å². The van der Waals surface area contributed by atoms with E-state index in [1.165, 1.54) is 0 Å². The minimum Gasteiger partial charge on any atom is -0.497 e. The third-order valence-electron chi connectivity index (χ3n) is 4.16. The zero-order chi connectivity index (χ0) is 17.1. The molecule has 2 amide bonds. The van der Waals surface area contributed by atoms with E-state index < -0.39 is 0 Å². The number of amides is 2. The average Bonchev–Trinajstić information content (AvgIpc) is 2.90. The molecule has 1 saturated heterocycles. The lowest BCUT2D eigenvalue weighted by molar-refractivity contribution is -0.110. The van der Waals surface area contributed by atoms with Gasteiger partial charge in [-0.3, -0.25) is 4.79 Å². The standard InChI is InChI=1S/C17H21N3O4/c1-3-24-17(22)20-8-6-19(7-9-20)11-14-13-10-12(23-2)4-5-15(13)18-16(14)21/h4-5,10-11H,3,6-9H2,1-2H3,(H,18,21)/b14-11+. The zero-order valence-corrected chi connectivity index (χ0v) is 13.9. The molecule has 0 atom stereocenters. The number of rotatable bonds is 3. The van der Waals surface area contributed by atoms with Crippen molar-refractivity contribution in [3.05, 3.63) is 30.0 Å². The van der Waals surface area contributed by atoms with Crippen LogP contribution in [0.2, 0.25) is 0 Å². The Labute approximate surface area is 140 Å². The van der Waals surface area contributed by atoms with E-state index >= 15 is 0 Å². The van der Waals surface area contributed by atoms with Gasteiger partial charge in [0.2, 0.25) is 0 Å². The van der Waals surface area contributed by atoms with Crippen molar-refractivity contribution < 1.29 is 19.1 Å². The normalized spacial score (nSPS) is 18.4. The summed E-state index contributed by atoms with van der Waals surface area (Å²) < 4.78 is 10.3. The SMILES string of the molecule is CCOC(=O)N1CCN(/C=C2/C(=O)Nc3ccc(OC)cc32)CC1. The maximum atomic E-state index is 12.2. The Hall–Kier alpha value is -2.70. The van der Waals surface area contributed by atoms with Crippen LogP contribution in [-0.2, 0) is 9.53 Å². The van der Waals surface area contributed by atoms with E-state index in [0.29, 0.717) is 44.1 Å². The van der Waals surface area contributed by atoms with Gasteiger partial charge in [0.1, 0.15) is 5.75 Å². The lowest BCUT2D eigenvalue weighted by Crippen LogP contribution is -2.47. The predicted octanol–water partition coefficient (Wildman–Crippen LogP) is 1.76. The Morgan fingerprint density at radius 1 is 1.29 bits per heavy atom. The molecule has 2 heterocycles. The van der Waals surface area contributed by atoms with Crippen molar-refractivity contribution in [2.75, 3.05) is 45.2 Å². The first-order valence-electron chi connectivity index (χ1n) is 7.99. The van der Waals surface area contributed by atoms with Crippen LogP contribution in [0.5, 0.6) is 5.75 Å². The summed E-state index contributed by atoms with van der Waals surface area (Å²) in [4.78, 5) is 27.7. The highest BCUT2D eigenvalue weighted by Gasteiger charge is 2.27. The van der Waals surface area contributed by atoms with Gasteiger partial charge >= 0.3 is 6.09 Å². The number of anilines is 1. The van der Waals surface area contributed by atoms with Crippen molar-refractivity contribution in [2.24, 2.45) is 0 Å². The quantitative estimate of drug-likeness (QED) is 0.855. The van der Waals surface area contributed by atoms with E-state index in [1.54, 1.807) is 18.9 Å². The molecule has 0 saturated carbocycles. The van der Waals surface area contributed by atoms with Crippen LogP contribution in [0.4, 0.5) is 10.5 Å². The number of methoxy groups -OCH3 is 1. The molecule has 0 spiro atoms. The van der Waals surface area contributed by atoms with E-state index in [4.69, 9.17) is 9.47 Å². The van der Waals surface area contributed by atoms with Gasteiger partial charge in [0, 0.05) is 43.6 Å². The number of nitrogens with one attached hydrogen (secondary N) is 1. The number of hydrogen-bond acceptors (Lipinski definition) is 5. The third kappa shape index (κ3) is 3.15. The minimum absolute atomic E-state index is 0.119. The molecule has 1 fully saturated rings. The minimum atomic E-state index is -0.279. The van der Waals surface area contributed by atoms with Crippen LogP contribution in [0.25, 0.3) is 5.57 Å². The first-order chi connectivity index (χ1) is 11.6. The second-order valence-electron chi connectivity index (χ2n) is 5.63. The molecule has 0 aliphatic carbocycles. The second kappa shape index (κ2) is 6.82. The average molecular weight is 331 g/mol. The van der Waals surface area contributed by atoms with Gasteiger partial charge in [0.25, 0.3) is 5.91 Å². The first-order valence-corrected chi connectivity index (χ1v) is 7.99. The summed E-state index contributed by atoms with van der Waals surface area (Å²) in [5, 5.41) is 2.86. The topological polar surface area (TPSA) is 71.1 Å². The summed E-state index contributed by atoms with van der Waals surface area (Å²) in [5.41, 5.74) is 2.25. The lowest BCUT2D eigenvalue weighted by atomic mass is 10.1. The molecule has 0 radical (unpaired) electrons. The smallest absolute Gasteiger partial charge is 0.409 e. The fourth-order valence-corrected chi connectivity index (χ4v) is 2.85. The summed E-state index contributed by atoms with van der Waals surface area (Å²) in [6, 6.07) is 5.51. The molecule has 7 nitrogen and oxygen atoms in total. The molecule has 1 N–H and O–H groups in total. The monoisotopic (exact) mass is 331 g/mol. The van der Waals surface area contributed by atoms with Crippen LogP contribution in [-0.4, -0.2) is 61.7 Å². The van der Waals surface area contributed by atoms with Gasteiger partial charge in [-0.2, -0.15) is 0 Å². The molecular formula is C17H21N3O4. The molecule has 2 aliphatic rings. The summed E-state index contributed by atoms with van der Waals surface area (Å²) in [6.07, 6.45) is 1.59. The number of hydrogen-bond donors (Lipinski definition) is 1. The van der Waals surface area contributed by atoms with Gasteiger partial charge in [-0.1, -0.05) is 0 Å². The Bertz CT molecular complexity index is 678. The molecule has 7 heteroatoms. The molecule has 3 rings (SSSR count). The molecule has 0 bridgehead atoms. The van der Waals surface area contributed by atoms with Crippen molar-refractivity contribution in [2.45, 2.75) is 6.92 Å². The number of benzene rings is 1. The largest absolute Gasteiger partial charge is 0.497 e. The lowest BCUT2D eigenvalue weighted by Gasteiger charge is -2.33. The molecule has 2 aliphatic heterocycles. The van der Waals surface area contributed by atoms with E-state index in [0.717, 1.165) is 11.3 Å². The van der Waals surface area contributed by atoms with E-state index in [1.807, 2.05) is 24.4 Å². The maximum absolute atomic E-state index is 12.2. The number of carbonyl (C=O) groups excluding carboxylic acids is 2. The molecule has 0 unspecified atom stereocenters. The van der Waals surface area contributed by atoms with Crippen LogP contribution >= 0.6 is 0 Å². The molecule has 1 aromatic rings. The van der Waals surface area contributed by atoms with Crippen molar-refractivity contribution in [3.63, 3.8) is 0 Å². The Morgan fingerprint density at radius 3 is 2.71 bits per heavy atom. The molecule has 0 aromatic heterocycles. The molecular weight excluding hydrogens is 310 g/mol. The summed E-state index contributed by atoms with van der Waals surface area (Å²) in [7, 11) is 1.60. The Kier molecular flexibility index (Phi) is 4.59. The first kappa shape index (κ1) is 16.2. The van der Waals surface area contributed by atoms with Gasteiger partial charge in [-0.05, 0) is 25.1 Å². The fourth-order valence-electron chi connectivity index (χ4n) is 2.85. The number of ether oxygens (including phenoxy) is 2. The van der Waals surface area contributed by atoms with Crippen molar-refractivity contribution in [3.8, 4) is 5.75 Å². The highest BCUT2D eigenvalue weighted by atomic mass is 16.6. The maximum Gasteiger partial charge on any atom is 0.409 e. The summed E-state index contributed by atoms with van der Waals surface area (Å²) in [6.45, 7) is 4.65. The Balaban J connectivity index is 1.72. The van der Waals surface area contributed by atoms with E-state index in [-0.39, 0.29) is 12.0 Å². The van der Waals surface area contributed by atoms with Crippen molar-refractivity contribution >= 4 is 23.3 Å². The Morgan fingerprint density at radius 2 is 2.04 bits per heavy atom. The summed E-state index contributed by atoms with van der Waals surface area (Å²) in [5.74, 6) is 0.592. The van der Waals surface area contributed by atoms with Crippen LogP contribution in [0.3, 0.4) is 0 Å². The number of nitrogens with zero attached hydrogens (tertiary/aromatic N) is 2. The van der Waals surface area contributed by atoms with Gasteiger partial charge in [0.05, 0.1) is 19.3 Å². The van der Waals surface area contributed by atoms with Gasteiger partial charge < -0.3 is 24.6 Å². The zero-order valence-electron chi connectivity index (χ0n) is 13.9. The number of piperazine rings is 1. The van der Waals surface area contributed by atoms with Gasteiger partial charge in [-0.15, -0.1) is 0 Å². The number of fused-ring (bicyclic) bond motifs is 1. The van der Waals surface area contributed by atoms with Crippen LogP contribution < -0.4 is 10.1 Å². The fraction of sp³-hybridized carbons (Fsp3) is 0.412. The van der Waals surface area contributed by atoms with Crippen molar-refractivity contribution in [1.29, 1.82) is 0 Å². The van der Waals surface area contributed by atoms with Gasteiger partial charge in [0.15, 0.2) is 0 Å². The molecule has 24 heavy (non-hydrogen) atoms. The van der Waals surface area contributed by atoms with Crippen molar-refractivity contribution in [1.82, 2.24) is 9.80 Å². The highest BCUT2D eigenvalue weighted by molar-refractivity contribution is 6.31. The highest BCUT2D eigenvalue weighted by Crippen LogP contribution is 2.34. The number of carbonyl (C=O) groups is 2. The van der Waals surface area contributed by atoms with Crippen LogP contribution in [0.1, 0.15) is 12.5 Å². The van der Waals surface area contributed by atoms with Gasteiger partial charge in [-0.25, -0.2) is 4.79 Å². The molecule has 1 aromatic carbocycles. The van der Waals surface area contributed by atoms with E-state index in [9.17, 15) is 9.59 Å². The molecule has 128 valence electrons. The third-order valence-corrected chi connectivity index (χ3v) is 4.16.